The van der Waals surface area contributed by atoms with Crippen LogP contribution < -0.4 is 5.32 Å². The molecule has 2 rings (SSSR count). The Kier molecular flexibility index (Phi) is 5.44. The molecule has 0 spiro atoms. The van der Waals surface area contributed by atoms with E-state index in [2.05, 4.69) is 63.3 Å². The normalized spacial score (nSPS) is 12.4. The fourth-order valence-corrected chi connectivity index (χ4v) is 2.90. The van der Waals surface area contributed by atoms with Gasteiger partial charge in [0.1, 0.15) is 0 Å². The lowest BCUT2D eigenvalue weighted by atomic mass is 9.96. The summed E-state index contributed by atoms with van der Waals surface area (Å²) in [6.07, 6.45) is 1.06. The molecule has 0 radical (unpaired) electrons. The highest BCUT2D eigenvalue weighted by Gasteiger charge is 2.07. The maximum Gasteiger partial charge on any atom is 0.0438 e. The van der Waals surface area contributed by atoms with Gasteiger partial charge >= 0.3 is 0 Å². The largest absolute Gasteiger partial charge is 0.314 e. The molecular formula is C19H24ClN. The molecule has 0 saturated carbocycles. The fraction of sp³-hybridized carbons (Fsp3) is 0.368. The van der Waals surface area contributed by atoms with Gasteiger partial charge in [-0.1, -0.05) is 42.8 Å². The molecule has 0 fully saturated rings. The van der Waals surface area contributed by atoms with E-state index in [9.17, 15) is 0 Å². The molecule has 2 aromatic rings. The molecule has 1 N–H and O–H groups in total. The Labute approximate surface area is 133 Å². The highest BCUT2D eigenvalue weighted by molar-refractivity contribution is 6.31. The number of hydrogen-bond acceptors (Lipinski definition) is 1. The third-order valence-electron chi connectivity index (χ3n) is 3.87. The molecule has 0 heterocycles. The van der Waals surface area contributed by atoms with Gasteiger partial charge in [0.25, 0.3) is 0 Å². The van der Waals surface area contributed by atoms with Crippen LogP contribution in [0.1, 0.15) is 30.5 Å². The molecule has 2 aromatic carbocycles. The number of likely N-dealkylation sites (N-methyl/N-ethyl adjacent to an activating group) is 1. The third kappa shape index (κ3) is 4.09. The summed E-state index contributed by atoms with van der Waals surface area (Å²) in [5, 5.41) is 4.29. The second-order valence-electron chi connectivity index (χ2n) is 5.78. The minimum Gasteiger partial charge on any atom is -0.314 e. The Balaban J connectivity index is 2.21. The first-order chi connectivity index (χ1) is 10.0. The van der Waals surface area contributed by atoms with Crippen LogP contribution in [-0.2, 0) is 6.42 Å². The van der Waals surface area contributed by atoms with Crippen LogP contribution in [0.3, 0.4) is 0 Å². The lowest BCUT2D eigenvalue weighted by Crippen LogP contribution is -2.27. The van der Waals surface area contributed by atoms with E-state index >= 15 is 0 Å². The van der Waals surface area contributed by atoms with E-state index in [1.54, 1.807) is 0 Å². The van der Waals surface area contributed by atoms with Crippen molar-refractivity contribution in [3.8, 4) is 11.1 Å². The Morgan fingerprint density at radius 3 is 2.33 bits per heavy atom. The molecule has 0 saturated heterocycles. The SMILES string of the molecule is CCNC(C)Cc1ccc(-c2cc(C)c(Cl)cc2C)cc1. The smallest absolute Gasteiger partial charge is 0.0438 e. The van der Waals surface area contributed by atoms with Crippen LogP contribution in [0.4, 0.5) is 0 Å². The van der Waals surface area contributed by atoms with Crippen molar-refractivity contribution in [3.05, 3.63) is 58.1 Å². The summed E-state index contributed by atoms with van der Waals surface area (Å²) in [4.78, 5) is 0. The van der Waals surface area contributed by atoms with Crippen LogP contribution in [0, 0.1) is 13.8 Å². The Morgan fingerprint density at radius 1 is 1.05 bits per heavy atom. The minimum absolute atomic E-state index is 0.514. The lowest BCUT2D eigenvalue weighted by Gasteiger charge is -2.13. The molecule has 2 heteroatoms. The van der Waals surface area contributed by atoms with Gasteiger partial charge in [-0.05, 0) is 73.7 Å². The Morgan fingerprint density at radius 2 is 1.71 bits per heavy atom. The first-order valence-corrected chi connectivity index (χ1v) is 7.98. The molecular weight excluding hydrogens is 278 g/mol. The van der Waals surface area contributed by atoms with Gasteiger partial charge in [-0.2, -0.15) is 0 Å². The summed E-state index contributed by atoms with van der Waals surface area (Å²) >= 11 is 6.18. The van der Waals surface area contributed by atoms with Gasteiger partial charge in [0.15, 0.2) is 0 Å². The van der Waals surface area contributed by atoms with E-state index in [4.69, 9.17) is 11.6 Å². The average Bonchev–Trinajstić information content (AvgIpc) is 2.44. The number of nitrogens with one attached hydrogen (secondary N) is 1. The molecule has 0 aliphatic rings. The first kappa shape index (κ1) is 16.1. The van der Waals surface area contributed by atoms with Gasteiger partial charge in [0.05, 0.1) is 0 Å². The molecule has 0 amide bonds. The van der Waals surface area contributed by atoms with Crippen LogP contribution in [0.2, 0.25) is 5.02 Å². The zero-order valence-electron chi connectivity index (χ0n) is 13.3. The predicted molar refractivity (Wildman–Crippen MR) is 93.2 cm³/mol. The van der Waals surface area contributed by atoms with Crippen molar-refractivity contribution in [2.75, 3.05) is 6.54 Å². The molecule has 21 heavy (non-hydrogen) atoms. The van der Waals surface area contributed by atoms with Gasteiger partial charge in [-0.3, -0.25) is 0 Å². The van der Waals surface area contributed by atoms with E-state index in [-0.39, 0.29) is 0 Å². The van der Waals surface area contributed by atoms with Crippen molar-refractivity contribution in [1.29, 1.82) is 0 Å². The molecule has 1 nitrogen and oxygen atoms in total. The summed E-state index contributed by atoms with van der Waals surface area (Å²) in [7, 11) is 0. The monoisotopic (exact) mass is 301 g/mol. The third-order valence-corrected chi connectivity index (χ3v) is 4.27. The van der Waals surface area contributed by atoms with Crippen molar-refractivity contribution in [2.45, 2.75) is 40.2 Å². The van der Waals surface area contributed by atoms with E-state index in [1.165, 1.54) is 22.3 Å². The van der Waals surface area contributed by atoms with Crippen LogP contribution >= 0.6 is 11.6 Å². The van der Waals surface area contributed by atoms with E-state index in [0.29, 0.717) is 6.04 Å². The quantitative estimate of drug-likeness (QED) is 0.804. The van der Waals surface area contributed by atoms with E-state index in [1.807, 2.05) is 6.07 Å². The summed E-state index contributed by atoms with van der Waals surface area (Å²) < 4.78 is 0. The van der Waals surface area contributed by atoms with Gasteiger partial charge < -0.3 is 5.32 Å². The predicted octanol–water partition coefficient (Wildman–Crippen LogP) is 5.16. The number of benzene rings is 2. The van der Waals surface area contributed by atoms with Crippen molar-refractivity contribution in [2.24, 2.45) is 0 Å². The molecule has 0 aliphatic carbocycles. The topological polar surface area (TPSA) is 12.0 Å². The number of hydrogen-bond donors (Lipinski definition) is 1. The Hall–Kier alpha value is -1.31. The molecule has 0 aromatic heterocycles. The Bertz CT molecular complexity index is 602. The summed E-state index contributed by atoms with van der Waals surface area (Å²) in [5.74, 6) is 0. The maximum atomic E-state index is 6.18. The fourth-order valence-electron chi connectivity index (χ4n) is 2.69. The molecule has 1 atom stereocenters. The van der Waals surface area contributed by atoms with E-state index in [0.717, 1.165) is 23.6 Å². The van der Waals surface area contributed by atoms with Gasteiger partial charge in [-0.25, -0.2) is 0 Å². The zero-order valence-corrected chi connectivity index (χ0v) is 14.1. The first-order valence-electron chi connectivity index (χ1n) is 7.60. The average molecular weight is 302 g/mol. The highest BCUT2D eigenvalue weighted by atomic mass is 35.5. The second kappa shape index (κ2) is 7.11. The molecule has 1 unspecified atom stereocenters. The highest BCUT2D eigenvalue weighted by Crippen LogP contribution is 2.29. The van der Waals surface area contributed by atoms with Crippen LogP contribution in [0.25, 0.3) is 11.1 Å². The van der Waals surface area contributed by atoms with Crippen molar-refractivity contribution >= 4 is 11.6 Å². The van der Waals surface area contributed by atoms with Crippen LogP contribution in [0.15, 0.2) is 36.4 Å². The van der Waals surface area contributed by atoms with Gasteiger partial charge in [-0.15, -0.1) is 0 Å². The lowest BCUT2D eigenvalue weighted by molar-refractivity contribution is 0.565. The standard InChI is InChI=1S/C19H24ClN/c1-5-21-15(4)12-16-6-8-17(9-7-16)18-10-14(3)19(20)11-13(18)2/h6-11,15,21H,5,12H2,1-4H3. The van der Waals surface area contributed by atoms with Crippen molar-refractivity contribution in [3.63, 3.8) is 0 Å². The number of aryl methyl sites for hydroxylation is 2. The van der Waals surface area contributed by atoms with Gasteiger partial charge in [0.2, 0.25) is 0 Å². The summed E-state index contributed by atoms with van der Waals surface area (Å²) in [6.45, 7) is 9.55. The number of rotatable bonds is 5. The summed E-state index contributed by atoms with van der Waals surface area (Å²) in [6, 6.07) is 13.6. The van der Waals surface area contributed by atoms with E-state index < -0.39 is 0 Å². The van der Waals surface area contributed by atoms with Gasteiger partial charge in [0, 0.05) is 11.1 Å². The van der Waals surface area contributed by atoms with Crippen LogP contribution in [-0.4, -0.2) is 12.6 Å². The number of halogens is 1. The zero-order chi connectivity index (χ0) is 15.4. The molecule has 112 valence electrons. The second-order valence-corrected chi connectivity index (χ2v) is 6.18. The summed E-state index contributed by atoms with van der Waals surface area (Å²) in [5.41, 5.74) is 6.24. The molecule has 0 aliphatic heterocycles. The minimum atomic E-state index is 0.514. The molecule has 0 bridgehead atoms. The maximum absolute atomic E-state index is 6.18. The van der Waals surface area contributed by atoms with Crippen molar-refractivity contribution < 1.29 is 0 Å². The van der Waals surface area contributed by atoms with Crippen molar-refractivity contribution in [1.82, 2.24) is 5.32 Å². The van der Waals surface area contributed by atoms with Crippen LogP contribution in [0.5, 0.6) is 0 Å².